The summed E-state index contributed by atoms with van der Waals surface area (Å²) in [6, 6.07) is 14.0. The number of para-hydroxylation sites is 1. The van der Waals surface area contributed by atoms with Crippen LogP contribution >= 0.6 is 15.9 Å². The highest BCUT2D eigenvalue weighted by atomic mass is 79.9. The van der Waals surface area contributed by atoms with Gasteiger partial charge < -0.3 is 11.1 Å². The van der Waals surface area contributed by atoms with E-state index in [4.69, 9.17) is 5.73 Å². The number of aryl methyl sites for hydroxylation is 1. The Morgan fingerprint density at radius 3 is 2.80 bits per heavy atom. The molecule has 3 N–H and O–H groups in total. The summed E-state index contributed by atoms with van der Waals surface area (Å²) in [7, 11) is 0. The Labute approximate surface area is 126 Å². The summed E-state index contributed by atoms with van der Waals surface area (Å²) in [5.74, 6) is 0. The van der Waals surface area contributed by atoms with Crippen LogP contribution in [-0.2, 0) is 0 Å². The fourth-order valence-corrected chi connectivity index (χ4v) is 2.50. The normalized spacial score (nSPS) is 10.7. The second-order valence-corrected chi connectivity index (χ2v) is 5.65. The third kappa shape index (κ3) is 2.47. The molecule has 0 amide bonds. The molecule has 0 unspecified atom stereocenters. The van der Waals surface area contributed by atoms with Gasteiger partial charge in [-0.25, -0.2) is 0 Å². The summed E-state index contributed by atoms with van der Waals surface area (Å²) in [6.07, 6.45) is 1.81. The van der Waals surface area contributed by atoms with Crippen LogP contribution in [0.3, 0.4) is 0 Å². The quantitative estimate of drug-likeness (QED) is 0.674. The maximum Gasteiger partial charge on any atom is 0.0937 e. The molecular weight excluding hydrogens is 314 g/mol. The van der Waals surface area contributed by atoms with Gasteiger partial charge in [0.05, 0.1) is 11.2 Å². The highest BCUT2D eigenvalue weighted by Crippen LogP contribution is 2.28. The minimum absolute atomic E-state index is 0.744. The van der Waals surface area contributed by atoms with Crippen LogP contribution in [0.2, 0.25) is 0 Å². The number of nitrogens with two attached hydrogens (primary N) is 1. The van der Waals surface area contributed by atoms with E-state index in [1.165, 1.54) is 0 Å². The fourth-order valence-electron chi connectivity index (χ4n) is 2.15. The van der Waals surface area contributed by atoms with Gasteiger partial charge in [0.1, 0.15) is 0 Å². The van der Waals surface area contributed by atoms with Crippen LogP contribution in [-0.4, -0.2) is 4.98 Å². The zero-order valence-electron chi connectivity index (χ0n) is 11.0. The lowest BCUT2D eigenvalue weighted by atomic mass is 10.1. The van der Waals surface area contributed by atoms with Gasteiger partial charge in [-0.1, -0.05) is 18.2 Å². The molecule has 1 heterocycles. The Hall–Kier alpha value is -2.07. The average molecular weight is 328 g/mol. The van der Waals surface area contributed by atoms with Gasteiger partial charge in [0.2, 0.25) is 0 Å². The number of benzene rings is 2. The molecule has 100 valence electrons. The van der Waals surface area contributed by atoms with Gasteiger partial charge in [-0.05, 0) is 52.7 Å². The number of aromatic nitrogens is 1. The number of hydrogen-bond acceptors (Lipinski definition) is 3. The Balaban J connectivity index is 2.09. The van der Waals surface area contributed by atoms with Crippen molar-refractivity contribution in [3.8, 4) is 0 Å². The Morgan fingerprint density at radius 2 is 1.95 bits per heavy atom. The summed E-state index contributed by atoms with van der Waals surface area (Å²) in [5.41, 5.74) is 10.7. The zero-order chi connectivity index (χ0) is 14.1. The number of fused-ring (bicyclic) bond motifs is 1. The second kappa shape index (κ2) is 5.13. The number of pyridine rings is 1. The topological polar surface area (TPSA) is 50.9 Å². The first-order valence-corrected chi connectivity index (χ1v) is 7.10. The molecular formula is C16H14BrN3. The number of nitrogens with one attached hydrogen (secondary N) is 1. The molecule has 0 aliphatic heterocycles. The number of halogens is 1. The SMILES string of the molecule is Cc1ccc(N)cc1Nc1cccc2cc(Br)cnc12. The molecule has 0 spiro atoms. The predicted molar refractivity (Wildman–Crippen MR) is 88.3 cm³/mol. The Morgan fingerprint density at radius 1 is 1.10 bits per heavy atom. The molecule has 0 radical (unpaired) electrons. The van der Waals surface area contributed by atoms with Crippen LogP contribution in [0.25, 0.3) is 10.9 Å². The van der Waals surface area contributed by atoms with E-state index in [-0.39, 0.29) is 0 Å². The molecule has 0 bridgehead atoms. The number of hydrogen-bond donors (Lipinski definition) is 2. The highest BCUT2D eigenvalue weighted by Gasteiger charge is 2.05. The smallest absolute Gasteiger partial charge is 0.0937 e. The number of rotatable bonds is 2. The molecule has 3 rings (SSSR count). The van der Waals surface area contributed by atoms with Crippen molar-refractivity contribution in [2.75, 3.05) is 11.1 Å². The summed E-state index contributed by atoms with van der Waals surface area (Å²) < 4.78 is 0.974. The van der Waals surface area contributed by atoms with Crippen molar-refractivity contribution in [2.24, 2.45) is 0 Å². The van der Waals surface area contributed by atoms with Crippen LogP contribution in [0.15, 0.2) is 53.1 Å². The standard InChI is InChI=1S/C16H14BrN3/c1-10-5-6-13(18)8-15(10)20-14-4-2-3-11-7-12(17)9-19-16(11)14/h2-9,20H,18H2,1H3. The summed E-state index contributed by atoms with van der Waals surface area (Å²) >= 11 is 3.45. The van der Waals surface area contributed by atoms with Crippen LogP contribution in [0.5, 0.6) is 0 Å². The lowest BCUT2D eigenvalue weighted by molar-refractivity contribution is 1.37. The van der Waals surface area contributed by atoms with Gasteiger partial charge in [-0.15, -0.1) is 0 Å². The molecule has 2 aromatic carbocycles. The van der Waals surface area contributed by atoms with Gasteiger partial charge >= 0.3 is 0 Å². The zero-order valence-corrected chi connectivity index (χ0v) is 12.6. The van der Waals surface area contributed by atoms with Crippen LogP contribution in [0.1, 0.15) is 5.56 Å². The molecule has 0 fully saturated rings. The van der Waals surface area contributed by atoms with Crippen LogP contribution < -0.4 is 11.1 Å². The van der Waals surface area contributed by atoms with Crippen molar-refractivity contribution < 1.29 is 0 Å². The van der Waals surface area contributed by atoms with Gasteiger partial charge in [0.25, 0.3) is 0 Å². The van der Waals surface area contributed by atoms with Crippen molar-refractivity contribution >= 4 is 43.9 Å². The number of anilines is 3. The van der Waals surface area contributed by atoms with Crippen molar-refractivity contribution in [3.63, 3.8) is 0 Å². The highest BCUT2D eigenvalue weighted by molar-refractivity contribution is 9.10. The summed E-state index contributed by atoms with van der Waals surface area (Å²) in [5, 5.41) is 4.51. The minimum Gasteiger partial charge on any atom is -0.399 e. The van der Waals surface area contributed by atoms with E-state index in [1.54, 1.807) is 6.20 Å². The lowest BCUT2D eigenvalue weighted by Crippen LogP contribution is -1.96. The van der Waals surface area contributed by atoms with Crippen molar-refractivity contribution in [2.45, 2.75) is 6.92 Å². The van der Waals surface area contributed by atoms with E-state index in [1.807, 2.05) is 36.4 Å². The second-order valence-electron chi connectivity index (χ2n) is 4.73. The molecule has 0 atom stereocenters. The predicted octanol–water partition coefficient (Wildman–Crippen LogP) is 4.63. The van der Waals surface area contributed by atoms with Crippen LogP contribution in [0.4, 0.5) is 17.1 Å². The molecule has 20 heavy (non-hydrogen) atoms. The first-order valence-electron chi connectivity index (χ1n) is 6.31. The molecule has 0 saturated carbocycles. The first kappa shape index (κ1) is 12.9. The molecule has 0 aliphatic rings. The summed E-state index contributed by atoms with van der Waals surface area (Å²) in [6.45, 7) is 2.05. The van der Waals surface area contributed by atoms with E-state index >= 15 is 0 Å². The van der Waals surface area contributed by atoms with E-state index in [0.29, 0.717) is 0 Å². The van der Waals surface area contributed by atoms with Gasteiger partial charge in [-0.3, -0.25) is 4.98 Å². The van der Waals surface area contributed by atoms with Gasteiger partial charge in [-0.2, -0.15) is 0 Å². The van der Waals surface area contributed by atoms with Crippen molar-refractivity contribution in [1.82, 2.24) is 4.98 Å². The maximum absolute atomic E-state index is 5.85. The monoisotopic (exact) mass is 327 g/mol. The molecule has 0 saturated heterocycles. The maximum atomic E-state index is 5.85. The van der Waals surface area contributed by atoms with Crippen LogP contribution in [0, 0.1) is 6.92 Å². The first-order chi connectivity index (χ1) is 9.63. The van der Waals surface area contributed by atoms with E-state index in [9.17, 15) is 0 Å². The molecule has 1 aromatic heterocycles. The number of nitrogen functional groups attached to an aromatic ring is 1. The van der Waals surface area contributed by atoms with Crippen molar-refractivity contribution in [3.05, 3.63) is 58.7 Å². The molecule has 3 aromatic rings. The molecule has 0 aliphatic carbocycles. The summed E-state index contributed by atoms with van der Waals surface area (Å²) in [4.78, 5) is 4.49. The van der Waals surface area contributed by atoms with E-state index < -0.39 is 0 Å². The molecule has 3 nitrogen and oxygen atoms in total. The van der Waals surface area contributed by atoms with Crippen molar-refractivity contribution in [1.29, 1.82) is 0 Å². The average Bonchev–Trinajstić information content (AvgIpc) is 2.43. The third-order valence-electron chi connectivity index (χ3n) is 3.21. The van der Waals surface area contributed by atoms with Gasteiger partial charge in [0, 0.05) is 27.4 Å². The minimum atomic E-state index is 0.744. The Bertz CT molecular complexity index is 784. The van der Waals surface area contributed by atoms with Gasteiger partial charge in [0.15, 0.2) is 0 Å². The third-order valence-corrected chi connectivity index (χ3v) is 3.64. The number of nitrogens with zero attached hydrogens (tertiary/aromatic N) is 1. The van der Waals surface area contributed by atoms with E-state index in [0.717, 1.165) is 38.0 Å². The van der Waals surface area contributed by atoms with E-state index in [2.05, 4.69) is 39.2 Å². The largest absolute Gasteiger partial charge is 0.399 e. The molecule has 4 heteroatoms. The Kier molecular flexibility index (Phi) is 3.32. The lowest BCUT2D eigenvalue weighted by Gasteiger charge is -2.12. The fraction of sp³-hybridized carbons (Fsp3) is 0.0625.